The molecule has 0 radical (unpaired) electrons. The average molecular weight is 430 g/mol. The van der Waals surface area contributed by atoms with Crippen molar-refractivity contribution < 1.29 is 14.4 Å². The summed E-state index contributed by atoms with van der Waals surface area (Å²) in [4.78, 5) is 56.1. The lowest BCUT2D eigenvalue weighted by Gasteiger charge is -2.29. The molecule has 0 aliphatic carbocycles. The molecule has 0 bridgehead atoms. The molecule has 1 atom stereocenters. The van der Waals surface area contributed by atoms with Crippen LogP contribution in [0.4, 0.5) is 4.79 Å². The Hall–Kier alpha value is -3.94. The van der Waals surface area contributed by atoms with Gasteiger partial charge in [0.1, 0.15) is 12.1 Å². The van der Waals surface area contributed by atoms with Crippen molar-refractivity contribution in [3.05, 3.63) is 81.8 Å². The predicted octanol–water partition coefficient (Wildman–Crippen LogP) is 1.88. The highest BCUT2D eigenvalue weighted by Crippen LogP contribution is 2.31. The van der Waals surface area contributed by atoms with Gasteiger partial charge in [0.2, 0.25) is 5.91 Å². The standard InChI is InChI=1S/C24H22N4O4/c1-24(18-7-6-15-4-2-3-5-17(15)12-18)22(31)28(23(32)26-24)14-20(29)27-11-9-16-8-10-25-21(30)19(16)13-27/h2-8,10,12H,9,11,13-14H2,1H3,(H,25,30)(H,26,32). The zero-order valence-corrected chi connectivity index (χ0v) is 17.6. The zero-order chi connectivity index (χ0) is 22.5. The summed E-state index contributed by atoms with van der Waals surface area (Å²) in [5.74, 6) is -0.841. The molecule has 162 valence electrons. The number of hydrogen-bond acceptors (Lipinski definition) is 4. The van der Waals surface area contributed by atoms with E-state index >= 15 is 0 Å². The molecule has 2 aliphatic rings. The van der Waals surface area contributed by atoms with Crippen LogP contribution in [0.25, 0.3) is 10.8 Å². The molecule has 3 aromatic rings. The van der Waals surface area contributed by atoms with E-state index in [0.717, 1.165) is 21.2 Å². The first-order chi connectivity index (χ1) is 15.4. The second kappa shape index (κ2) is 7.33. The number of pyridine rings is 1. The number of rotatable bonds is 3. The number of imide groups is 1. The quantitative estimate of drug-likeness (QED) is 0.620. The third-order valence-electron chi connectivity index (χ3n) is 6.41. The summed E-state index contributed by atoms with van der Waals surface area (Å²) in [5.41, 5.74) is 0.635. The van der Waals surface area contributed by atoms with E-state index in [0.29, 0.717) is 24.1 Å². The van der Waals surface area contributed by atoms with Crippen LogP contribution in [0.1, 0.15) is 23.6 Å². The van der Waals surface area contributed by atoms with Gasteiger partial charge in [0.15, 0.2) is 0 Å². The first kappa shape index (κ1) is 20.0. The van der Waals surface area contributed by atoms with E-state index in [9.17, 15) is 19.2 Å². The van der Waals surface area contributed by atoms with Crippen molar-refractivity contribution in [1.82, 2.24) is 20.1 Å². The molecule has 1 fully saturated rings. The van der Waals surface area contributed by atoms with Gasteiger partial charge in [0.25, 0.3) is 11.5 Å². The highest BCUT2D eigenvalue weighted by molar-refractivity contribution is 6.09. The number of aromatic amines is 1. The van der Waals surface area contributed by atoms with E-state index in [1.54, 1.807) is 13.1 Å². The van der Waals surface area contributed by atoms with E-state index in [1.165, 1.54) is 4.90 Å². The Balaban J connectivity index is 1.36. The van der Waals surface area contributed by atoms with E-state index in [1.807, 2.05) is 48.5 Å². The van der Waals surface area contributed by atoms with Crippen LogP contribution in [0, 0.1) is 0 Å². The van der Waals surface area contributed by atoms with Gasteiger partial charge < -0.3 is 15.2 Å². The lowest BCUT2D eigenvalue weighted by Crippen LogP contribution is -2.46. The highest BCUT2D eigenvalue weighted by atomic mass is 16.2. The Morgan fingerprint density at radius 1 is 1.06 bits per heavy atom. The maximum absolute atomic E-state index is 13.3. The molecule has 4 amide bonds. The molecule has 0 saturated carbocycles. The van der Waals surface area contributed by atoms with Crippen molar-refractivity contribution in [3.63, 3.8) is 0 Å². The van der Waals surface area contributed by atoms with Gasteiger partial charge in [-0.05, 0) is 47.4 Å². The van der Waals surface area contributed by atoms with Gasteiger partial charge >= 0.3 is 6.03 Å². The minimum absolute atomic E-state index is 0.163. The Labute approximate surface area is 183 Å². The molecule has 0 spiro atoms. The minimum Gasteiger partial charge on any atom is -0.336 e. The van der Waals surface area contributed by atoms with Crippen molar-refractivity contribution in [3.8, 4) is 0 Å². The number of H-pyrrole nitrogens is 1. The van der Waals surface area contributed by atoms with Gasteiger partial charge in [-0.15, -0.1) is 0 Å². The number of hydrogen-bond donors (Lipinski definition) is 2. The van der Waals surface area contributed by atoms with Crippen LogP contribution < -0.4 is 10.9 Å². The summed E-state index contributed by atoms with van der Waals surface area (Å²) in [6.07, 6.45) is 2.15. The van der Waals surface area contributed by atoms with Crippen LogP contribution in [0.2, 0.25) is 0 Å². The molecule has 2 aromatic carbocycles. The molecule has 1 aromatic heterocycles. The van der Waals surface area contributed by atoms with E-state index < -0.39 is 17.5 Å². The normalized spacial score (nSPS) is 20.4. The molecule has 1 unspecified atom stereocenters. The predicted molar refractivity (Wildman–Crippen MR) is 118 cm³/mol. The third-order valence-corrected chi connectivity index (χ3v) is 6.41. The maximum Gasteiger partial charge on any atom is 0.325 e. The van der Waals surface area contributed by atoms with Gasteiger partial charge in [-0.3, -0.25) is 19.3 Å². The van der Waals surface area contributed by atoms with Crippen LogP contribution >= 0.6 is 0 Å². The molecule has 3 heterocycles. The molecule has 2 N–H and O–H groups in total. The number of carbonyl (C=O) groups excluding carboxylic acids is 3. The van der Waals surface area contributed by atoms with Crippen LogP contribution in [0.3, 0.4) is 0 Å². The van der Waals surface area contributed by atoms with Gasteiger partial charge in [0.05, 0.1) is 6.54 Å². The average Bonchev–Trinajstić information content (AvgIpc) is 3.02. The third kappa shape index (κ3) is 3.15. The first-order valence-corrected chi connectivity index (χ1v) is 10.5. The highest BCUT2D eigenvalue weighted by Gasteiger charge is 2.49. The summed E-state index contributed by atoms with van der Waals surface area (Å²) >= 11 is 0. The Morgan fingerprint density at radius 3 is 2.66 bits per heavy atom. The van der Waals surface area contributed by atoms with Gasteiger partial charge in [-0.1, -0.05) is 36.4 Å². The molecular formula is C24H22N4O4. The first-order valence-electron chi connectivity index (χ1n) is 10.5. The van der Waals surface area contributed by atoms with Crippen molar-refractivity contribution >= 4 is 28.6 Å². The second-order valence-electron chi connectivity index (χ2n) is 8.38. The minimum atomic E-state index is -1.26. The number of fused-ring (bicyclic) bond motifs is 2. The molecule has 8 nitrogen and oxygen atoms in total. The number of carbonyl (C=O) groups is 3. The monoisotopic (exact) mass is 430 g/mol. The second-order valence-corrected chi connectivity index (χ2v) is 8.38. The fourth-order valence-electron chi connectivity index (χ4n) is 4.47. The summed E-state index contributed by atoms with van der Waals surface area (Å²) in [7, 11) is 0. The van der Waals surface area contributed by atoms with Crippen LogP contribution in [0.5, 0.6) is 0 Å². The van der Waals surface area contributed by atoms with Crippen molar-refractivity contribution in [2.75, 3.05) is 13.1 Å². The maximum atomic E-state index is 13.3. The van der Waals surface area contributed by atoms with Gasteiger partial charge in [-0.25, -0.2) is 4.79 Å². The van der Waals surface area contributed by atoms with Crippen LogP contribution in [-0.4, -0.2) is 45.7 Å². The number of nitrogens with zero attached hydrogens (tertiary/aromatic N) is 2. The van der Waals surface area contributed by atoms with Gasteiger partial charge in [0, 0.05) is 18.3 Å². The molecule has 8 heteroatoms. The SMILES string of the molecule is CC1(c2ccc3ccccc3c2)NC(=O)N(CC(=O)N2CCc3cc[nH]c(=O)c3C2)C1=O. The smallest absolute Gasteiger partial charge is 0.325 e. The Bertz CT molecular complexity index is 1330. The summed E-state index contributed by atoms with van der Waals surface area (Å²) < 4.78 is 0. The van der Waals surface area contributed by atoms with Crippen LogP contribution in [0.15, 0.2) is 59.5 Å². The van der Waals surface area contributed by atoms with Crippen molar-refractivity contribution in [2.45, 2.75) is 25.4 Å². The molecule has 5 rings (SSSR count). The summed E-state index contributed by atoms with van der Waals surface area (Å²) in [6.45, 7) is 1.88. The summed E-state index contributed by atoms with van der Waals surface area (Å²) in [5, 5.41) is 4.75. The molecule has 2 aliphatic heterocycles. The number of nitrogens with one attached hydrogen (secondary N) is 2. The fraction of sp³-hybridized carbons (Fsp3) is 0.250. The van der Waals surface area contributed by atoms with E-state index in [4.69, 9.17) is 0 Å². The zero-order valence-electron chi connectivity index (χ0n) is 17.6. The number of aromatic nitrogens is 1. The van der Waals surface area contributed by atoms with E-state index in [-0.39, 0.29) is 24.6 Å². The number of benzene rings is 2. The van der Waals surface area contributed by atoms with E-state index in [2.05, 4.69) is 10.3 Å². The molecule has 1 saturated heterocycles. The van der Waals surface area contributed by atoms with Crippen molar-refractivity contribution in [1.29, 1.82) is 0 Å². The van der Waals surface area contributed by atoms with Crippen LogP contribution in [-0.2, 0) is 28.1 Å². The number of amides is 4. The molecular weight excluding hydrogens is 408 g/mol. The molecule has 32 heavy (non-hydrogen) atoms. The Kier molecular flexibility index (Phi) is 4.58. The lowest BCUT2D eigenvalue weighted by atomic mass is 9.90. The topological polar surface area (TPSA) is 103 Å². The fourth-order valence-corrected chi connectivity index (χ4v) is 4.47. The lowest BCUT2D eigenvalue weighted by molar-refractivity contribution is -0.139. The Morgan fingerprint density at radius 2 is 1.84 bits per heavy atom. The van der Waals surface area contributed by atoms with Crippen molar-refractivity contribution in [2.24, 2.45) is 0 Å². The number of urea groups is 1. The summed E-state index contributed by atoms with van der Waals surface area (Å²) in [6, 6.07) is 14.6. The van der Waals surface area contributed by atoms with Gasteiger partial charge in [-0.2, -0.15) is 0 Å². The largest absolute Gasteiger partial charge is 0.336 e.